The molecule has 2 atom stereocenters. The molecule has 6 rings (SSSR count). The lowest BCUT2D eigenvalue weighted by atomic mass is 9.93. The lowest BCUT2D eigenvalue weighted by Crippen LogP contribution is -2.34. The highest BCUT2D eigenvalue weighted by atomic mass is 32.2. The molecule has 0 radical (unpaired) electrons. The Hall–Kier alpha value is -3.77. The van der Waals surface area contributed by atoms with Gasteiger partial charge in [-0.15, -0.1) is 11.3 Å². The molecule has 2 aliphatic rings. The monoisotopic (exact) mass is 580 g/mol. The van der Waals surface area contributed by atoms with E-state index in [0.717, 1.165) is 9.65 Å². The number of aliphatic hydroxyl groups excluding tert-OH is 1. The van der Waals surface area contributed by atoms with Crippen LogP contribution in [0.2, 0.25) is 0 Å². The zero-order valence-corrected chi connectivity index (χ0v) is 22.8. The zero-order valence-electron chi connectivity index (χ0n) is 21.2. The molecule has 0 spiro atoms. The minimum absolute atomic E-state index is 0.145. The first-order valence-corrected chi connectivity index (χ1v) is 15.1. The lowest BCUT2D eigenvalue weighted by molar-refractivity contribution is 0.116. The molecule has 5 heterocycles. The minimum atomic E-state index is -3.49. The highest BCUT2D eigenvalue weighted by molar-refractivity contribution is 7.90. The molecular formula is C26H25FN8O3S2. The van der Waals surface area contributed by atoms with Gasteiger partial charge in [0.25, 0.3) is 10.0 Å². The molecule has 2 fully saturated rings. The predicted molar refractivity (Wildman–Crippen MR) is 147 cm³/mol. The first-order valence-electron chi connectivity index (χ1n) is 12.7. The van der Waals surface area contributed by atoms with Crippen molar-refractivity contribution in [2.75, 3.05) is 11.9 Å². The molecular weight excluding hydrogens is 555 g/mol. The van der Waals surface area contributed by atoms with E-state index in [-0.39, 0.29) is 11.3 Å². The topological polar surface area (TPSA) is 148 Å². The molecule has 11 nitrogen and oxygen atoms in total. The molecule has 40 heavy (non-hydrogen) atoms. The molecule has 206 valence electrons. The second-order valence-corrected chi connectivity index (χ2v) is 12.6. The Kier molecular flexibility index (Phi) is 7.28. The minimum Gasteiger partial charge on any atom is -0.393 e. The van der Waals surface area contributed by atoms with Crippen molar-refractivity contribution >= 4 is 33.0 Å². The number of nitrogens with zero attached hydrogens (tertiary/aromatic N) is 6. The van der Waals surface area contributed by atoms with Crippen LogP contribution in [0.4, 0.5) is 16.0 Å². The number of rotatable bonds is 7. The van der Waals surface area contributed by atoms with E-state index >= 15 is 0 Å². The summed E-state index contributed by atoms with van der Waals surface area (Å²) in [6.07, 6.45) is 8.11. The molecule has 0 bridgehead atoms. The van der Waals surface area contributed by atoms with Gasteiger partial charge in [-0.05, 0) is 55.8 Å². The molecule has 2 unspecified atom stereocenters. The van der Waals surface area contributed by atoms with Gasteiger partial charge in [-0.2, -0.15) is 9.19 Å². The van der Waals surface area contributed by atoms with Gasteiger partial charge in [-0.3, -0.25) is 0 Å². The smallest absolute Gasteiger partial charge is 0.256 e. The fourth-order valence-corrected chi connectivity index (χ4v) is 6.45. The highest BCUT2D eigenvalue weighted by Crippen LogP contribution is 2.31. The van der Waals surface area contributed by atoms with Crippen molar-refractivity contribution in [2.24, 2.45) is 0 Å². The van der Waals surface area contributed by atoms with Crippen LogP contribution in [-0.2, 0) is 16.7 Å². The molecule has 1 saturated carbocycles. The zero-order chi connectivity index (χ0) is 27.7. The molecule has 3 N–H and O–H groups in total. The third-order valence-electron chi connectivity index (χ3n) is 6.62. The summed E-state index contributed by atoms with van der Waals surface area (Å²) in [6, 6.07) is 3.39. The normalized spacial score (nSPS) is 19.1. The Labute approximate surface area is 234 Å². The summed E-state index contributed by atoms with van der Waals surface area (Å²) in [4.78, 5) is 17.5. The van der Waals surface area contributed by atoms with Gasteiger partial charge in [0, 0.05) is 29.4 Å². The van der Waals surface area contributed by atoms with Crippen LogP contribution in [-0.4, -0.2) is 60.5 Å². The van der Waals surface area contributed by atoms with Crippen molar-refractivity contribution < 1.29 is 17.9 Å². The molecule has 1 saturated heterocycles. The third-order valence-corrected chi connectivity index (χ3v) is 9.46. The van der Waals surface area contributed by atoms with Crippen LogP contribution in [0.15, 0.2) is 42.3 Å². The van der Waals surface area contributed by atoms with Crippen LogP contribution in [0.1, 0.15) is 53.6 Å². The maximum absolute atomic E-state index is 12.9. The summed E-state index contributed by atoms with van der Waals surface area (Å²) >= 11 is 1.22. The Balaban J connectivity index is 1.27. The van der Waals surface area contributed by atoms with Crippen molar-refractivity contribution in [1.82, 2.24) is 34.4 Å². The van der Waals surface area contributed by atoms with Crippen molar-refractivity contribution in [1.29, 1.82) is 0 Å². The molecule has 0 amide bonds. The van der Waals surface area contributed by atoms with E-state index in [9.17, 15) is 17.9 Å². The van der Waals surface area contributed by atoms with Gasteiger partial charge in [-0.25, -0.2) is 32.7 Å². The SMILES string of the molecule is O=S(=O)(C1CC1)n1cc(-c2nccc(Nc3cc(C4CC(O)CCN4)c(C#Cc4csc(CF)n4)cn3)n2)cn1. The molecule has 4 aromatic rings. The fraction of sp³-hybridized carbons (Fsp3) is 0.346. The Bertz CT molecular complexity index is 1710. The Morgan fingerprint density at radius 2 is 2.05 bits per heavy atom. The summed E-state index contributed by atoms with van der Waals surface area (Å²) in [5.41, 5.74) is 2.49. The summed E-state index contributed by atoms with van der Waals surface area (Å²) in [5.74, 6) is 7.37. The number of aliphatic hydroxyl groups is 1. The van der Waals surface area contributed by atoms with E-state index in [0.29, 0.717) is 71.5 Å². The standard InChI is InChI=1S/C26H25FN8O3S2/c27-11-25-32-18(15-39-25)2-1-16-12-30-24(10-21(16)22-9-19(36)5-7-28-22)33-23-6-8-29-26(34-23)17-13-31-35(14-17)40(37,38)20-3-4-20/h6,8,10,12-15,19-20,22,28,36H,3-5,7,9,11H2,(H,29,30,33,34). The van der Waals surface area contributed by atoms with E-state index in [4.69, 9.17) is 0 Å². The van der Waals surface area contributed by atoms with Crippen LogP contribution >= 0.6 is 11.3 Å². The second kappa shape index (κ2) is 11.0. The first kappa shape index (κ1) is 26.5. The fourth-order valence-electron chi connectivity index (χ4n) is 4.40. The number of anilines is 2. The molecule has 1 aliphatic heterocycles. The van der Waals surface area contributed by atoms with Crippen LogP contribution < -0.4 is 10.6 Å². The van der Waals surface area contributed by atoms with Crippen molar-refractivity contribution in [2.45, 2.75) is 49.8 Å². The van der Waals surface area contributed by atoms with Gasteiger partial charge in [0.05, 0.1) is 29.3 Å². The van der Waals surface area contributed by atoms with E-state index in [2.05, 4.69) is 47.5 Å². The van der Waals surface area contributed by atoms with Gasteiger partial charge in [-0.1, -0.05) is 5.92 Å². The number of piperidine rings is 1. The Morgan fingerprint density at radius 1 is 1.18 bits per heavy atom. The van der Waals surface area contributed by atoms with Gasteiger partial charge in [0.2, 0.25) is 0 Å². The molecule has 1 aliphatic carbocycles. The second-order valence-electron chi connectivity index (χ2n) is 9.59. The quantitative estimate of drug-likeness (QED) is 0.279. The maximum Gasteiger partial charge on any atom is 0.256 e. The number of thiazole rings is 1. The summed E-state index contributed by atoms with van der Waals surface area (Å²) in [5, 5.41) is 22.6. The summed E-state index contributed by atoms with van der Waals surface area (Å²) in [6.45, 7) is 0.0330. The van der Waals surface area contributed by atoms with Gasteiger partial charge in [0.1, 0.15) is 29.0 Å². The number of hydrogen-bond donors (Lipinski definition) is 3. The highest BCUT2D eigenvalue weighted by Gasteiger charge is 2.37. The number of aromatic nitrogens is 6. The molecule has 0 aromatic carbocycles. The lowest BCUT2D eigenvalue weighted by Gasteiger charge is -2.28. The van der Waals surface area contributed by atoms with E-state index in [1.54, 1.807) is 23.8 Å². The molecule has 4 aromatic heterocycles. The van der Waals surface area contributed by atoms with Gasteiger partial charge in [0.15, 0.2) is 5.82 Å². The Morgan fingerprint density at radius 3 is 2.83 bits per heavy atom. The number of pyridine rings is 1. The van der Waals surface area contributed by atoms with Crippen molar-refractivity contribution in [3.63, 3.8) is 0 Å². The van der Waals surface area contributed by atoms with E-state index < -0.39 is 22.8 Å². The van der Waals surface area contributed by atoms with Crippen LogP contribution in [0.3, 0.4) is 0 Å². The van der Waals surface area contributed by atoms with Gasteiger partial charge < -0.3 is 15.7 Å². The predicted octanol–water partition coefficient (Wildman–Crippen LogP) is 2.93. The summed E-state index contributed by atoms with van der Waals surface area (Å²) < 4.78 is 38.9. The van der Waals surface area contributed by atoms with Crippen LogP contribution in [0.5, 0.6) is 0 Å². The average Bonchev–Trinajstić information content (AvgIpc) is 3.52. The van der Waals surface area contributed by atoms with Crippen LogP contribution in [0, 0.1) is 11.8 Å². The number of halogens is 1. The van der Waals surface area contributed by atoms with Gasteiger partial charge >= 0.3 is 0 Å². The van der Waals surface area contributed by atoms with E-state index in [1.165, 1.54) is 23.7 Å². The number of nitrogens with one attached hydrogen (secondary N) is 2. The third kappa shape index (κ3) is 5.73. The number of alkyl halides is 1. The first-order chi connectivity index (χ1) is 19.4. The largest absolute Gasteiger partial charge is 0.393 e. The number of hydrogen-bond acceptors (Lipinski definition) is 11. The molecule has 14 heteroatoms. The summed E-state index contributed by atoms with van der Waals surface area (Å²) in [7, 11) is -3.49. The van der Waals surface area contributed by atoms with Crippen LogP contribution in [0.25, 0.3) is 11.4 Å². The maximum atomic E-state index is 12.9. The average molecular weight is 581 g/mol. The van der Waals surface area contributed by atoms with Crippen molar-refractivity contribution in [3.05, 3.63) is 64.1 Å². The van der Waals surface area contributed by atoms with Crippen molar-refractivity contribution in [3.8, 4) is 23.2 Å². The van der Waals surface area contributed by atoms with E-state index in [1.807, 2.05) is 6.07 Å².